The zero-order valence-corrected chi connectivity index (χ0v) is 19.1. The lowest BCUT2D eigenvalue weighted by atomic mass is 9.82. The predicted molar refractivity (Wildman–Crippen MR) is 133 cm³/mol. The van der Waals surface area contributed by atoms with Gasteiger partial charge in [-0.2, -0.15) is 0 Å². The van der Waals surface area contributed by atoms with Crippen molar-refractivity contribution in [3.63, 3.8) is 0 Å². The molecule has 0 saturated carbocycles. The molecule has 1 heterocycles. The Kier molecular flexibility index (Phi) is 6.04. The fourth-order valence-electron chi connectivity index (χ4n) is 4.51. The maximum Gasteiger partial charge on any atom is 0.326 e. The van der Waals surface area contributed by atoms with Crippen LogP contribution in [0, 0.1) is 5.82 Å². The smallest absolute Gasteiger partial charge is 0.324 e. The third kappa shape index (κ3) is 4.01. The average molecular weight is 480 g/mol. The van der Waals surface area contributed by atoms with E-state index in [-0.39, 0.29) is 0 Å². The number of carbonyl (C=O) groups excluding carboxylic acids is 3. The zero-order chi connectivity index (χ0) is 25.1. The van der Waals surface area contributed by atoms with Crippen molar-refractivity contribution < 1.29 is 18.8 Å². The molecule has 0 radical (unpaired) electrons. The minimum absolute atomic E-state index is 0.340. The zero-order valence-electron chi connectivity index (χ0n) is 19.1. The van der Waals surface area contributed by atoms with Crippen molar-refractivity contribution >= 4 is 23.5 Å². The number of benzene rings is 4. The molecule has 4 aromatic rings. The number of carbonyl (C=O) groups is 3. The standard InChI is InChI=1S/C29H22FN3O3/c30-23-16-18-24(19-17-23)31-26(34)25(20-10-4-1-5-11-20)33-27(35)29(32-28(33)36,21-12-6-2-7-13-21)22-14-8-3-9-15-22/h1-19,25H,(H,31,34)(H,32,36). The van der Waals surface area contributed by atoms with Gasteiger partial charge >= 0.3 is 6.03 Å². The lowest BCUT2D eigenvalue weighted by Gasteiger charge is -2.30. The molecule has 36 heavy (non-hydrogen) atoms. The summed E-state index contributed by atoms with van der Waals surface area (Å²) >= 11 is 0. The van der Waals surface area contributed by atoms with Gasteiger partial charge in [-0.3, -0.25) is 9.59 Å². The Morgan fingerprint density at radius 1 is 0.750 bits per heavy atom. The number of nitrogens with zero attached hydrogens (tertiary/aromatic N) is 1. The van der Waals surface area contributed by atoms with E-state index in [0.717, 1.165) is 4.90 Å². The lowest BCUT2D eigenvalue weighted by molar-refractivity contribution is -0.136. The second-order valence-electron chi connectivity index (χ2n) is 8.40. The van der Waals surface area contributed by atoms with E-state index in [0.29, 0.717) is 22.4 Å². The van der Waals surface area contributed by atoms with Crippen molar-refractivity contribution in [2.24, 2.45) is 0 Å². The number of hydrogen-bond acceptors (Lipinski definition) is 3. The van der Waals surface area contributed by atoms with E-state index in [9.17, 15) is 18.8 Å². The number of rotatable bonds is 6. The number of urea groups is 1. The Morgan fingerprint density at radius 3 is 1.78 bits per heavy atom. The van der Waals surface area contributed by atoms with E-state index >= 15 is 0 Å². The molecule has 5 rings (SSSR count). The molecule has 7 heteroatoms. The van der Waals surface area contributed by atoms with E-state index < -0.39 is 35.2 Å². The first-order valence-corrected chi connectivity index (χ1v) is 11.4. The molecule has 1 atom stereocenters. The summed E-state index contributed by atoms with van der Waals surface area (Å²) in [4.78, 5) is 42.3. The van der Waals surface area contributed by atoms with Crippen LogP contribution in [0.15, 0.2) is 115 Å². The molecule has 1 aliphatic rings. The van der Waals surface area contributed by atoms with E-state index in [1.54, 1.807) is 78.9 Å². The Hall–Kier alpha value is -4.78. The SMILES string of the molecule is O=C(Nc1ccc(F)cc1)C(c1ccccc1)N1C(=O)NC(c2ccccc2)(c2ccccc2)C1=O. The summed E-state index contributed by atoms with van der Waals surface area (Å²) in [5.74, 6) is -1.63. The third-order valence-corrected chi connectivity index (χ3v) is 6.20. The Labute approximate surface area is 207 Å². The molecule has 0 aliphatic carbocycles. The molecule has 1 aliphatic heterocycles. The van der Waals surface area contributed by atoms with E-state index in [1.165, 1.54) is 24.3 Å². The lowest BCUT2D eigenvalue weighted by Crippen LogP contribution is -2.46. The van der Waals surface area contributed by atoms with Crippen LogP contribution in [0.4, 0.5) is 14.9 Å². The minimum atomic E-state index is -1.51. The van der Waals surface area contributed by atoms with Crippen molar-refractivity contribution in [3.05, 3.63) is 138 Å². The van der Waals surface area contributed by atoms with Gasteiger partial charge in [0.05, 0.1) is 0 Å². The van der Waals surface area contributed by atoms with E-state index in [1.807, 2.05) is 12.1 Å². The van der Waals surface area contributed by atoms with Gasteiger partial charge in [-0.05, 0) is 41.0 Å². The highest BCUT2D eigenvalue weighted by atomic mass is 19.1. The monoisotopic (exact) mass is 479 g/mol. The fourth-order valence-corrected chi connectivity index (χ4v) is 4.51. The molecule has 4 amide bonds. The highest BCUT2D eigenvalue weighted by molar-refractivity contribution is 6.13. The number of nitrogens with one attached hydrogen (secondary N) is 2. The second kappa shape index (κ2) is 9.46. The van der Waals surface area contributed by atoms with Crippen molar-refractivity contribution in [2.45, 2.75) is 11.6 Å². The number of imide groups is 1. The summed E-state index contributed by atoms with van der Waals surface area (Å²) < 4.78 is 13.4. The maximum atomic E-state index is 14.3. The molecule has 178 valence electrons. The second-order valence-corrected chi connectivity index (χ2v) is 8.40. The molecule has 0 spiro atoms. The van der Waals surface area contributed by atoms with Crippen molar-refractivity contribution in [1.29, 1.82) is 0 Å². The van der Waals surface area contributed by atoms with Gasteiger partial charge in [0.15, 0.2) is 5.54 Å². The molecular weight excluding hydrogens is 457 g/mol. The maximum absolute atomic E-state index is 14.3. The molecule has 1 unspecified atom stereocenters. The van der Waals surface area contributed by atoms with Gasteiger partial charge in [-0.25, -0.2) is 14.1 Å². The Morgan fingerprint density at radius 2 is 1.25 bits per heavy atom. The summed E-state index contributed by atoms with van der Waals surface area (Å²) in [5.41, 5.74) is 0.429. The minimum Gasteiger partial charge on any atom is -0.324 e. The quantitative estimate of drug-likeness (QED) is 0.382. The van der Waals surface area contributed by atoms with E-state index in [4.69, 9.17) is 0 Å². The predicted octanol–water partition coefficient (Wildman–Crippen LogP) is 5.00. The van der Waals surface area contributed by atoms with Crippen LogP contribution in [0.25, 0.3) is 0 Å². The van der Waals surface area contributed by atoms with Gasteiger partial charge in [0, 0.05) is 5.69 Å². The van der Waals surface area contributed by atoms with Crippen LogP contribution < -0.4 is 10.6 Å². The normalized spacial score (nSPS) is 15.3. The number of amides is 4. The fraction of sp³-hybridized carbons (Fsp3) is 0.0690. The number of halogens is 1. The van der Waals surface area contributed by atoms with Crippen LogP contribution in [0.5, 0.6) is 0 Å². The van der Waals surface area contributed by atoms with Crippen LogP contribution >= 0.6 is 0 Å². The van der Waals surface area contributed by atoms with Crippen LogP contribution in [-0.4, -0.2) is 22.7 Å². The first-order chi connectivity index (χ1) is 17.5. The van der Waals surface area contributed by atoms with Gasteiger partial charge in [0.25, 0.3) is 11.8 Å². The summed E-state index contributed by atoms with van der Waals surface area (Å²) in [6, 6.07) is 29.8. The van der Waals surface area contributed by atoms with Gasteiger partial charge in [0.1, 0.15) is 11.9 Å². The van der Waals surface area contributed by atoms with Gasteiger partial charge in [-0.1, -0.05) is 91.0 Å². The average Bonchev–Trinajstić information content (AvgIpc) is 3.18. The van der Waals surface area contributed by atoms with Crippen LogP contribution in [0.2, 0.25) is 0 Å². The summed E-state index contributed by atoms with van der Waals surface area (Å²) in [6.45, 7) is 0. The van der Waals surface area contributed by atoms with Gasteiger partial charge in [-0.15, -0.1) is 0 Å². The highest BCUT2D eigenvalue weighted by Gasteiger charge is 2.56. The summed E-state index contributed by atoms with van der Waals surface area (Å²) in [7, 11) is 0. The molecule has 6 nitrogen and oxygen atoms in total. The Bertz CT molecular complexity index is 1350. The largest absolute Gasteiger partial charge is 0.326 e. The molecule has 0 aromatic heterocycles. The van der Waals surface area contributed by atoms with Crippen molar-refractivity contribution in [2.75, 3.05) is 5.32 Å². The van der Waals surface area contributed by atoms with Crippen LogP contribution in [-0.2, 0) is 15.1 Å². The molecule has 1 saturated heterocycles. The van der Waals surface area contributed by atoms with Crippen molar-refractivity contribution in [3.8, 4) is 0 Å². The van der Waals surface area contributed by atoms with Crippen LogP contribution in [0.3, 0.4) is 0 Å². The first kappa shape index (κ1) is 23.0. The van der Waals surface area contributed by atoms with Crippen molar-refractivity contribution in [1.82, 2.24) is 10.2 Å². The number of hydrogen-bond donors (Lipinski definition) is 2. The number of anilines is 1. The Balaban J connectivity index is 1.61. The molecular formula is C29H22FN3O3. The molecule has 0 bridgehead atoms. The van der Waals surface area contributed by atoms with Gasteiger partial charge < -0.3 is 10.6 Å². The van der Waals surface area contributed by atoms with Gasteiger partial charge in [0.2, 0.25) is 0 Å². The topological polar surface area (TPSA) is 78.5 Å². The highest BCUT2D eigenvalue weighted by Crippen LogP contribution is 2.39. The molecule has 2 N–H and O–H groups in total. The third-order valence-electron chi connectivity index (χ3n) is 6.20. The van der Waals surface area contributed by atoms with E-state index in [2.05, 4.69) is 10.6 Å². The summed E-state index contributed by atoms with van der Waals surface area (Å²) in [6.07, 6.45) is 0. The van der Waals surface area contributed by atoms with Crippen LogP contribution in [0.1, 0.15) is 22.7 Å². The molecule has 1 fully saturated rings. The summed E-state index contributed by atoms with van der Waals surface area (Å²) in [5, 5.41) is 5.60. The first-order valence-electron chi connectivity index (χ1n) is 11.4. The molecule has 4 aromatic carbocycles.